The Morgan fingerprint density at radius 3 is 2.09 bits per heavy atom. The van der Waals surface area contributed by atoms with E-state index in [0.29, 0.717) is 12.2 Å². The van der Waals surface area contributed by atoms with E-state index >= 15 is 0 Å². The molecule has 2 unspecified atom stereocenters. The minimum absolute atomic E-state index is 0.114. The first-order valence-corrected chi connectivity index (χ1v) is 11.9. The second-order valence-electron chi connectivity index (χ2n) is 8.88. The van der Waals surface area contributed by atoms with Gasteiger partial charge >= 0.3 is 0 Å². The number of nitrogens with zero attached hydrogens (tertiary/aromatic N) is 1. The van der Waals surface area contributed by atoms with Gasteiger partial charge in [0.15, 0.2) is 0 Å². The number of aryl methyl sites for hydroxylation is 1. The van der Waals surface area contributed by atoms with Crippen LogP contribution in [0.2, 0.25) is 0 Å². The summed E-state index contributed by atoms with van der Waals surface area (Å²) in [6.07, 6.45) is 0.761. The molecule has 184 valence electrons. The smallest absolute Gasteiger partial charge is 0.247 e. The number of amides is 2. The number of aromatic hydroxyl groups is 1. The molecule has 3 aromatic rings. The molecule has 0 fully saturated rings. The Morgan fingerprint density at radius 2 is 1.51 bits per heavy atom. The molecule has 0 aliphatic carbocycles. The summed E-state index contributed by atoms with van der Waals surface area (Å²) in [6, 6.07) is 22.6. The van der Waals surface area contributed by atoms with E-state index in [1.807, 2.05) is 63.2 Å². The molecule has 0 heterocycles. The van der Waals surface area contributed by atoms with Crippen LogP contribution in [0.3, 0.4) is 0 Å². The van der Waals surface area contributed by atoms with E-state index in [-0.39, 0.29) is 36.1 Å². The average molecular weight is 475 g/mol. The summed E-state index contributed by atoms with van der Waals surface area (Å²) < 4.78 is 5.28. The van der Waals surface area contributed by atoms with Gasteiger partial charge in [-0.15, -0.1) is 0 Å². The first-order chi connectivity index (χ1) is 16.8. The highest BCUT2D eigenvalue weighted by Gasteiger charge is 2.33. The number of hydrogen-bond donors (Lipinski definition) is 2. The van der Waals surface area contributed by atoms with Crippen LogP contribution in [-0.4, -0.2) is 35.0 Å². The van der Waals surface area contributed by atoms with Crippen LogP contribution in [0.4, 0.5) is 0 Å². The molecule has 0 saturated carbocycles. The maximum absolute atomic E-state index is 13.7. The zero-order chi connectivity index (χ0) is 25.4. The third kappa shape index (κ3) is 6.85. The van der Waals surface area contributed by atoms with Crippen molar-refractivity contribution in [2.24, 2.45) is 0 Å². The lowest BCUT2D eigenvalue weighted by Gasteiger charge is -2.35. The van der Waals surface area contributed by atoms with Crippen LogP contribution in [0.1, 0.15) is 56.0 Å². The van der Waals surface area contributed by atoms with Gasteiger partial charge in [-0.05, 0) is 68.1 Å². The van der Waals surface area contributed by atoms with E-state index in [2.05, 4.69) is 5.32 Å². The third-order valence-corrected chi connectivity index (χ3v) is 6.02. The molecule has 2 atom stereocenters. The van der Waals surface area contributed by atoms with Crippen LogP contribution in [0.25, 0.3) is 0 Å². The molecule has 2 amide bonds. The number of nitrogens with one attached hydrogen (secondary N) is 1. The Hall–Kier alpha value is -3.80. The van der Waals surface area contributed by atoms with E-state index in [1.165, 1.54) is 0 Å². The minimum atomic E-state index is -0.792. The van der Waals surface area contributed by atoms with Crippen molar-refractivity contribution in [1.29, 1.82) is 0 Å². The van der Waals surface area contributed by atoms with Crippen LogP contribution in [0.5, 0.6) is 11.5 Å². The molecule has 0 bridgehead atoms. The number of carbonyl (C=O) groups is 2. The first-order valence-electron chi connectivity index (χ1n) is 11.9. The van der Waals surface area contributed by atoms with E-state index in [9.17, 15) is 14.7 Å². The number of methoxy groups -OCH3 is 1. The fourth-order valence-electron chi connectivity index (χ4n) is 4.11. The van der Waals surface area contributed by atoms with Gasteiger partial charge in [0, 0.05) is 12.5 Å². The number of rotatable bonds is 10. The second kappa shape index (κ2) is 12.1. The fraction of sp³-hybridized carbons (Fsp3) is 0.310. The molecule has 0 radical (unpaired) electrons. The average Bonchev–Trinajstić information content (AvgIpc) is 2.87. The van der Waals surface area contributed by atoms with Crippen molar-refractivity contribution < 1.29 is 19.4 Å². The lowest BCUT2D eigenvalue weighted by molar-refractivity contribution is -0.143. The molecule has 0 saturated heterocycles. The van der Waals surface area contributed by atoms with Crippen LogP contribution in [0.15, 0.2) is 78.9 Å². The van der Waals surface area contributed by atoms with Gasteiger partial charge in [-0.25, -0.2) is 0 Å². The van der Waals surface area contributed by atoms with Crippen LogP contribution in [-0.2, 0) is 16.0 Å². The highest BCUT2D eigenvalue weighted by Crippen LogP contribution is 2.28. The predicted octanol–water partition coefficient (Wildman–Crippen LogP) is 5.19. The number of hydrogen-bond acceptors (Lipinski definition) is 4. The summed E-state index contributed by atoms with van der Waals surface area (Å²) in [7, 11) is 1.59. The van der Waals surface area contributed by atoms with Crippen molar-refractivity contribution in [3.63, 3.8) is 0 Å². The molecule has 6 nitrogen and oxygen atoms in total. The van der Waals surface area contributed by atoms with Gasteiger partial charge in [0.2, 0.25) is 11.8 Å². The Labute approximate surface area is 207 Å². The van der Waals surface area contributed by atoms with Crippen molar-refractivity contribution in [3.05, 3.63) is 95.6 Å². The van der Waals surface area contributed by atoms with Crippen LogP contribution < -0.4 is 10.1 Å². The molecule has 0 aromatic heterocycles. The van der Waals surface area contributed by atoms with Crippen LogP contribution in [0, 0.1) is 0 Å². The van der Waals surface area contributed by atoms with Gasteiger partial charge in [-0.3, -0.25) is 9.59 Å². The molecule has 0 aliphatic heterocycles. The summed E-state index contributed by atoms with van der Waals surface area (Å²) >= 11 is 0. The van der Waals surface area contributed by atoms with Crippen molar-refractivity contribution >= 4 is 11.8 Å². The van der Waals surface area contributed by atoms with Crippen LogP contribution >= 0.6 is 0 Å². The molecule has 2 N–H and O–H groups in total. The summed E-state index contributed by atoms with van der Waals surface area (Å²) in [5.74, 6) is 0.516. The number of phenols is 1. The highest BCUT2D eigenvalue weighted by molar-refractivity contribution is 5.89. The van der Waals surface area contributed by atoms with Gasteiger partial charge in [-0.1, -0.05) is 54.6 Å². The zero-order valence-electron chi connectivity index (χ0n) is 20.8. The van der Waals surface area contributed by atoms with E-state index in [1.54, 1.807) is 48.4 Å². The standard InChI is InChI=1S/C29H34N2O4/c1-20(2)31(27(33)19-12-22-10-15-25(32)16-11-22)28(24-13-17-26(35-4)18-14-24)29(34)30-21(3)23-8-6-5-7-9-23/h5-11,13-18,20-21,28,32H,12,19H2,1-4H3,(H,30,34). The van der Waals surface area contributed by atoms with Gasteiger partial charge in [0.25, 0.3) is 0 Å². The SMILES string of the molecule is COc1ccc(C(C(=O)NC(C)c2ccccc2)N(C(=O)CCc2ccc(O)cc2)C(C)C)cc1. The normalized spacial score (nSPS) is 12.6. The lowest BCUT2D eigenvalue weighted by Crippen LogP contribution is -2.47. The molecule has 0 aliphatic rings. The van der Waals surface area contributed by atoms with Crippen molar-refractivity contribution in [1.82, 2.24) is 10.2 Å². The van der Waals surface area contributed by atoms with E-state index < -0.39 is 6.04 Å². The Balaban J connectivity index is 1.88. The van der Waals surface area contributed by atoms with Crippen molar-refractivity contribution in [2.45, 2.75) is 51.7 Å². The number of benzene rings is 3. The molecule has 3 aromatic carbocycles. The highest BCUT2D eigenvalue weighted by atomic mass is 16.5. The van der Waals surface area contributed by atoms with Gasteiger partial charge in [-0.2, -0.15) is 0 Å². The summed E-state index contributed by atoms with van der Waals surface area (Å²) in [6.45, 7) is 5.77. The number of ether oxygens (including phenoxy) is 1. The second-order valence-corrected chi connectivity index (χ2v) is 8.88. The third-order valence-electron chi connectivity index (χ3n) is 6.02. The summed E-state index contributed by atoms with van der Waals surface area (Å²) in [5, 5.41) is 12.6. The molecular weight excluding hydrogens is 440 g/mol. The van der Waals surface area contributed by atoms with Gasteiger partial charge < -0.3 is 20.1 Å². The predicted molar refractivity (Wildman–Crippen MR) is 137 cm³/mol. The Kier molecular flexibility index (Phi) is 8.90. The molecule has 0 spiro atoms. The van der Waals surface area contributed by atoms with Gasteiger partial charge in [0.05, 0.1) is 13.2 Å². The maximum Gasteiger partial charge on any atom is 0.247 e. The fourth-order valence-corrected chi connectivity index (χ4v) is 4.11. The van der Waals surface area contributed by atoms with Crippen molar-refractivity contribution in [3.8, 4) is 11.5 Å². The minimum Gasteiger partial charge on any atom is -0.508 e. The quantitative estimate of drug-likeness (QED) is 0.424. The molecular formula is C29H34N2O4. The van der Waals surface area contributed by atoms with Gasteiger partial charge in [0.1, 0.15) is 17.5 Å². The zero-order valence-corrected chi connectivity index (χ0v) is 20.8. The number of phenolic OH excluding ortho intramolecular Hbond substituents is 1. The molecule has 6 heteroatoms. The molecule has 3 rings (SSSR count). The summed E-state index contributed by atoms with van der Waals surface area (Å²) in [5.41, 5.74) is 2.65. The first kappa shape index (κ1) is 25.8. The lowest BCUT2D eigenvalue weighted by atomic mass is 9.99. The van der Waals surface area contributed by atoms with Crippen molar-refractivity contribution in [2.75, 3.05) is 7.11 Å². The van der Waals surface area contributed by atoms with E-state index in [4.69, 9.17) is 4.74 Å². The monoisotopic (exact) mass is 474 g/mol. The topological polar surface area (TPSA) is 78.9 Å². The Morgan fingerprint density at radius 1 is 0.886 bits per heavy atom. The number of carbonyl (C=O) groups excluding carboxylic acids is 2. The Bertz CT molecular complexity index is 1100. The largest absolute Gasteiger partial charge is 0.508 e. The summed E-state index contributed by atoms with van der Waals surface area (Å²) in [4.78, 5) is 28.8. The van der Waals surface area contributed by atoms with E-state index in [0.717, 1.165) is 16.7 Å². The molecule has 35 heavy (non-hydrogen) atoms. The maximum atomic E-state index is 13.7.